The summed E-state index contributed by atoms with van der Waals surface area (Å²) in [5.74, 6) is 0.641. The molecule has 0 bridgehead atoms. The van der Waals surface area contributed by atoms with Crippen LogP contribution in [0.5, 0.6) is 5.75 Å². The largest absolute Gasteiger partial charge is 0.484 e. The SMILES string of the molecule is CC1CC(NC(=O)COc2cccc(Br)c2)CCN1. The van der Waals surface area contributed by atoms with Gasteiger partial charge in [0.15, 0.2) is 6.61 Å². The highest BCUT2D eigenvalue weighted by Gasteiger charge is 2.19. The summed E-state index contributed by atoms with van der Waals surface area (Å²) in [5, 5.41) is 6.38. The van der Waals surface area contributed by atoms with Crippen LogP contribution in [0.3, 0.4) is 0 Å². The number of nitrogens with one attached hydrogen (secondary N) is 2. The monoisotopic (exact) mass is 326 g/mol. The zero-order valence-corrected chi connectivity index (χ0v) is 12.6. The van der Waals surface area contributed by atoms with Crippen LogP contribution < -0.4 is 15.4 Å². The lowest BCUT2D eigenvalue weighted by atomic mass is 10.0. The molecule has 104 valence electrons. The molecule has 1 aromatic carbocycles. The highest BCUT2D eigenvalue weighted by atomic mass is 79.9. The maximum absolute atomic E-state index is 11.8. The minimum Gasteiger partial charge on any atom is -0.484 e. The van der Waals surface area contributed by atoms with Crippen molar-refractivity contribution in [3.63, 3.8) is 0 Å². The zero-order valence-electron chi connectivity index (χ0n) is 11.0. The van der Waals surface area contributed by atoms with Crippen LogP contribution in [0.4, 0.5) is 0 Å². The normalized spacial score (nSPS) is 22.8. The number of carbonyl (C=O) groups is 1. The predicted molar refractivity (Wildman–Crippen MR) is 78.3 cm³/mol. The molecule has 2 rings (SSSR count). The maximum atomic E-state index is 11.8. The number of hydrogen-bond donors (Lipinski definition) is 2. The Labute approximate surface area is 122 Å². The summed E-state index contributed by atoms with van der Waals surface area (Å²) in [6, 6.07) is 8.21. The van der Waals surface area contributed by atoms with Crippen molar-refractivity contribution in [3.8, 4) is 5.75 Å². The minimum absolute atomic E-state index is 0.0564. The first-order valence-electron chi connectivity index (χ1n) is 6.54. The third-order valence-electron chi connectivity index (χ3n) is 3.15. The fourth-order valence-electron chi connectivity index (χ4n) is 2.24. The molecule has 1 aliphatic rings. The van der Waals surface area contributed by atoms with Gasteiger partial charge in [0, 0.05) is 16.6 Å². The highest BCUT2D eigenvalue weighted by molar-refractivity contribution is 9.10. The number of hydrogen-bond acceptors (Lipinski definition) is 3. The molecule has 4 nitrogen and oxygen atoms in total. The van der Waals surface area contributed by atoms with E-state index in [2.05, 4.69) is 33.5 Å². The fraction of sp³-hybridized carbons (Fsp3) is 0.500. The van der Waals surface area contributed by atoms with Crippen molar-refractivity contribution in [2.75, 3.05) is 13.2 Å². The number of rotatable bonds is 4. The fourth-order valence-corrected chi connectivity index (χ4v) is 2.62. The summed E-state index contributed by atoms with van der Waals surface area (Å²) in [7, 11) is 0. The number of piperidine rings is 1. The van der Waals surface area contributed by atoms with E-state index in [4.69, 9.17) is 4.74 Å². The Morgan fingerprint density at radius 2 is 2.42 bits per heavy atom. The van der Waals surface area contributed by atoms with Crippen LogP contribution in [0, 0.1) is 0 Å². The van der Waals surface area contributed by atoms with Crippen LogP contribution in [-0.2, 0) is 4.79 Å². The van der Waals surface area contributed by atoms with Crippen molar-refractivity contribution < 1.29 is 9.53 Å². The van der Waals surface area contributed by atoms with Crippen molar-refractivity contribution in [3.05, 3.63) is 28.7 Å². The molecule has 2 unspecified atom stereocenters. The van der Waals surface area contributed by atoms with Crippen LogP contribution in [0.2, 0.25) is 0 Å². The molecule has 2 atom stereocenters. The maximum Gasteiger partial charge on any atom is 0.258 e. The molecule has 1 aromatic rings. The summed E-state index contributed by atoms with van der Waals surface area (Å²) < 4.78 is 6.40. The van der Waals surface area contributed by atoms with E-state index in [-0.39, 0.29) is 18.6 Å². The smallest absolute Gasteiger partial charge is 0.258 e. The lowest BCUT2D eigenvalue weighted by molar-refractivity contribution is -0.124. The van der Waals surface area contributed by atoms with Gasteiger partial charge in [-0.2, -0.15) is 0 Å². The van der Waals surface area contributed by atoms with Crippen molar-refractivity contribution in [1.82, 2.24) is 10.6 Å². The molecule has 2 N–H and O–H groups in total. The van der Waals surface area contributed by atoms with Gasteiger partial charge in [-0.3, -0.25) is 4.79 Å². The van der Waals surface area contributed by atoms with Gasteiger partial charge in [-0.25, -0.2) is 0 Å². The standard InChI is InChI=1S/C14H19BrN2O2/c1-10-7-12(5-6-16-10)17-14(18)9-19-13-4-2-3-11(15)8-13/h2-4,8,10,12,16H,5-7,9H2,1H3,(H,17,18). The van der Waals surface area contributed by atoms with E-state index in [0.717, 1.165) is 23.9 Å². The summed E-state index contributed by atoms with van der Waals surface area (Å²) in [6.07, 6.45) is 1.95. The number of benzene rings is 1. The van der Waals surface area contributed by atoms with Crippen molar-refractivity contribution in [1.29, 1.82) is 0 Å². The Kier molecular flexibility index (Phi) is 5.22. The summed E-state index contributed by atoms with van der Waals surface area (Å²) >= 11 is 3.37. The highest BCUT2D eigenvalue weighted by Crippen LogP contribution is 2.17. The summed E-state index contributed by atoms with van der Waals surface area (Å²) in [6.45, 7) is 3.16. The van der Waals surface area contributed by atoms with Crippen molar-refractivity contribution in [2.24, 2.45) is 0 Å². The molecule has 0 spiro atoms. The van der Waals surface area contributed by atoms with Gasteiger partial charge in [-0.1, -0.05) is 22.0 Å². The lowest BCUT2D eigenvalue weighted by Crippen LogP contribution is -2.47. The van der Waals surface area contributed by atoms with Crippen LogP contribution in [0.15, 0.2) is 28.7 Å². The van der Waals surface area contributed by atoms with Gasteiger partial charge in [0.05, 0.1) is 0 Å². The topological polar surface area (TPSA) is 50.4 Å². The van der Waals surface area contributed by atoms with E-state index in [1.807, 2.05) is 24.3 Å². The van der Waals surface area contributed by atoms with E-state index in [1.165, 1.54) is 0 Å². The van der Waals surface area contributed by atoms with Gasteiger partial charge in [0.25, 0.3) is 5.91 Å². The van der Waals surface area contributed by atoms with Gasteiger partial charge >= 0.3 is 0 Å². The third kappa shape index (κ3) is 4.84. The first-order chi connectivity index (χ1) is 9.13. The Morgan fingerprint density at radius 3 is 3.16 bits per heavy atom. The molecule has 0 radical (unpaired) electrons. The van der Waals surface area contributed by atoms with Crippen molar-refractivity contribution >= 4 is 21.8 Å². The van der Waals surface area contributed by atoms with E-state index in [1.54, 1.807) is 0 Å². The average molecular weight is 327 g/mol. The lowest BCUT2D eigenvalue weighted by Gasteiger charge is -2.28. The molecule has 0 saturated carbocycles. The van der Waals surface area contributed by atoms with Gasteiger partial charge < -0.3 is 15.4 Å². The molecule has 19 heavy (non-hydrogen) atoms. The average Bonchev–Trinajstić information content (AvgIpc) is 2.36. The number of carbonyl (C=O) groups excluding carboxylic acids is 1. The summed E-state index contributed by atoms with van der Waals surface area (Å²) in [5.41, 5.74) is 0. The third-order valence-corrected chi connectivity index (χ3v) is 3.65. The van der Waals surface area contributed by atoms with Gasteiger partial charge in [-0.05, 0) is 44.5 Å². The zero-order chi connectivity index (χ0) is 13.7. The predicted octanol–water partition coefficient (Wildman–Crippen LogP) is 2.08. The van der Waals surface area contributed by atoms with E-state index >= 15 is 0 Å². The number of halogens is 1. The molecular weight excluding hydrogens is 308 g/mol. The van der Waals surface area contributed by atoms with E-state index < -0.39 is 0 Å². The Morgan fingerprint density at radius 1 is 1.58 bits per heavy atom. The second-order valence-corrected chi connectivity index (χ2v) is 5.81. The van der Waals surface area contributed by atoms with Crippen LogP contribution in [0.1, 0.15) is 19.8 Å². The van der Waals surface area contributed by atoms with E-state index in [0.29, 0.717) is 11.8 Å². The second-order valence-electron chi connectivity index (χ2n) is 4.89. The Hall–Kier alpha value is -1.07. The summed E-state index contributed by atoms with van der Waals surface area (Å²) in [4.78, 5) is 11.8. The van der Waals surface area contributed by atoms with Crippen LogP contribution in [0.25, 0.3) is 0 Å². The minimum atomic E-state index is -0.0564. The molecule has 1 aliphatic heterocycles. The number of amides is 1. The molecule has 0 aromatic heterocycles. The van der Waals surface area contributed by atoms with Crippen LogP contribution in [-0.4, -0.2) is 31.1 Å². The Bertz CT molecular complexity index is 439. The molecule has 1 saturated heterocycles. The molecule has 1 amide bonds. The van der Waals surface area contributed by atoms with Gasteiger partial charge in [-0.15, -0.1) is 0 Å². The van der Waals surface area contributed by atoms with Crippen molar-refractivity contribution in [2.45, 2.75) is 31.8 Å². The molecule has 5 heteroatoms. The quantitative estimate of drug-likeness (QED) is 0.890. The van der Waals surface area contributed by atoms with Crippen LogP contribution >= 0.6 is 15.9 Å². The Balaban J connectivity index is 1.75. The molecule has 0 aliphatic carbocycles. The molecule has 1 fully saturated rings. The molecular formula is C14H19BrN2O2. The first-order valence-corrected chi connectivity index (χ1v) is 7.34. The molecule has 1 heterocycles. The second kappa shape index (κ2) is 6.91. The van der Waals surface area contributed by atoms with E-state index in [9.17, 15) is 4.79 Å². The number of ether oxygens (including phenoxy) is 1. The first kappa shape index (κ1) is 14.3. The van der Waals surface area contributed by atoms with Gasteiger partial charge in [0.1, 0.15) is 5.75 Å². The van der Waals surface area contributed by atoms with Gasteiger partial charge in [0.2, 0.25) is 0 Å².